The molecule has 2 rings (SSSR count). The van der Waals surface area contributed by atoms with Crippen LogP contribution in [0.5, 0.6) is 5.75 Å². The topological polar surface area (TPSA) is 9.23 Å². The van der Waals surface area contributed by atoms with Crippen LogP contribution in [0.15, 0.2) is 42.5 Å². The zero-order chi connectivity index (χ0) is 13.0. The van der Waals surface area contributed by atoms with Gasteiger partial charge in [-0.2, -0.15) is 0 Å². The van der Waals surface area contributed by atoms with Gasteiger partial charge in [-0.3, -0.25) is 0 Å². The summed E-state index contributed by atoms with van der Waals surface area (Å²) >= 11 is 9.24. The number of rotatable bonds is 4. The van der Waals surface area contributed by atoms with Gasteiger partial charge in [0, 0.05) is 17.0 Å². The Kier molecular flexibility index (Phi) is 4.61. The molecule has 0 radical (unpaired) electrons. The van der Waals surface area contributed by atoms with Crippen LogP contribution in [0.1, 0.15) is 11.1 Å². The second kappa shape index (κ2) is 6.21. The lowest BCUT2D eigenvalue weighted by Gasteiger charge is -2.10. The van der Waals surface area contributed by atoms with E-state index >= 15 is 0 Å². The monoisotopic (exact) mass is 328 g/mol. The van der Waals surface area contributed by atoms with Gasteiger partial charge in [-0.05, 0) is 11.6 Å². The van der Waals surface area contributed by atoms with E-state index in [1.807, 2.05) is 30.3 Å². The van der Waals surface area contributed by atoms with Gasteiger partial charge in [0.15, 0.2) is 0 Å². The molecule has 0 saturated heterocycles. The minimum atomic E-state index is -0.320. The van der Waals surface area contributed by atoms with Crippen molar-refractivity contribution in [1.82, 2.24) is 0 Å². The Bertz CT molecular complexity index is 531. The van der Waals surface area contributed by atoms with E-state index in [2.05, 4.69) is 15.9 Å². The molecule has 0 spiro atoms. The minimum Gasteiger partial charge on any atom is -0.487 e. The maximum atomic E-state index is 13.6. The van der Waals surface area contributed by atoms with Crippen LogP contribution in [0.3, 0.4) is 0 Å². The summed E-state index contributed by atoms with van der Waals surface area (Å²) in [6.45, 7) is 0.369. The lowest BCUT2D eigenvalue weighted by atomic mass is 10.2. The summed E-state index contributed by atoms with van der Waals surface area (Å²) in [5, 5.41) is 0.846. The van der Waals surface area contributed by atoms with Crippen molar-refractivity contribution >= 4 is 27.5 Å². The molecule has 0 saturated carbocycles. The van der Waals surface area contributed by atoms with Gasteiger partial charge in [-0.1, -0.05) is 57.9 Å². The first-order chi connectivity index (χ1) is 8.70. The smallest absolute Gasteiger partial charge is 0.141 e. The highest BCUT2D eigenvalue weighted by Crippen LogP contribution is 2.29. The molecule has 2 aromatic carbocycles. The lowest BCUT2D eigenvalue weighted by Crippen LogP contribution is -1.97. The minimum absolute atomic E-state index is 0.320. The van der Waals surface area contributed by atoms with Crippen molar-refractivity contribution in [3.05, 3.63) is 64.4 Å². The van der Waals surface area contributed by atoms with Crippen molar-refractivity contribution in [2.45, 2.75) is 11.9 Å². The van der Waals surface area contributed by atoms with E-state index in [9.17, 15) is 4.39 Å². The fourth-order valence-electron chi connectivity index (χ4n) is 1.52. The normalized spacial score (nSPS) is 10.4. The molecule has 0 N–H and O–H groups in total. The van der Waals surface area contributed by atoms with E-state index in [1.165, 1.54) is 6.07 Å². The molecule has 0 aliphatic rings. The van der Waals surface area contributed by atoms with Gasteiger partial charge < -0.3 is 4.74 Å². The quantitative estimate of drug-likeness (QED) is 0.721. The van der Waals surface area contributed by atoms with Gasteiger partial charge in [-0.15, -0.1) is 0 Å². The first kappa shape index (κ1) is 13.4. The summed E-state index contributed by atoms with van der Waals surface area (Å²) in [5.41, 5.74) is 1.53. The Morgan fingerprint density at radius 2 is 1.89 bits per heavy atom. The standard InChI is InChI=1S/C14H11BrClFO/c15-8-11-6-12(16)14(7-13(11)17)18-9-10-4-2-1-3-5-10/h1-7H,8-9H2. The molecule has 0 unspecified atom stereocenters. The Labute approximate surface area is 119 Å². The van der Waals surface area contributed by atoms with Gasteiger partial charge in [0.05, 0.1) is 5.02 Å². The van der Waals surface area contributed by atoms with Gasteiger partial charge in [0.25, 0.3) is 0 Å². The van der Waals surface area contributed by atoms with E-state index in [1.54, 1.807) is 6.07 Å². The predicted molar refractivity (Wildman–Crippen MR) is 74.8 cm³/mol. The molecule has 0 fully saturated rings. The van der Waals surface area contributed by atoms with E-state index in [-0.39, 0.29) is 5.82 Å². The Hall–Kier alpha value is -1.06. The van der Waals surface area contributed by atoms with Gasteiger partial charge in [0.1, 0.15) is 18.2 Å². The average Bonchev–Trinajstić information content (AvgIpc) is 2.40. The molecule has 4 heteroatoms. The van der Waals surface area contributed by atoms with Crippen LogP contribution in [0.4, 0.5) is 4.39 Å². The van der Waals surface area contributed by atoms with E-state index in [0.29, 0.717) is 28.3 Å². The SMILES string of the molecule is Fc1cc(OCc2ccccc2)c(Cl)cc1CBr. The van der Waals surface area contributed by atoms with Crippen molar-refractivity contribution in [3.8, 4) is 5.75 Å². The van der Waals surface area contributed by atoms with Crippen LogP contribution in [0.2, 0.25) is 5.02 Å². The molecule has 1 nitrogen and oxygen atoms in total. The Morgan fingerprint density at radius 3 is 2.56 bits per heavy atom. The molecule has 18 heavy (non-hydrogen) atoms. The second-order valence-corrected chi connectivity index (χ2v) is 4.75. The predicted octanol–water partition coefficient (Wildman–Crippen LogP) is 4.95. The summed E-state index contributed by atoms with van der Waals surface area (Å²) in [5.74, 6) is 0.0436. The molecule has 0 aromatic heterocycles. The summed E-state index contributed by atoms with van der Waals surface area (Å²) in [6, 6.07) is 12.6. The average molecular weight is 330 g/mol. The van der Waals surface area contributed by atoms with Gasteiger partial charge in [0.2, 0.25) is 0 Å². The van der Waals surface area contributed by atoms with Crippen molar-refractivity contribution in [2.75, 3.05) is 0 Å². The van der Waals surface area contributed by atoms with Crippen LogP contribution in [0.25, 0.3) is 0 Å². The molecule has 94 valence electrons. The van der Waals surface area contributed by atoms with Crippen LogP contribution < -0.4 is 4.74 Å². The Balaban J connectivity index is 2.13. The summed E-state index contributed by atoms with van der Waals surface area (Å²) in [6.07, 6.45) is 0. The Morgan fingerprint density at radius 1 is 1.17 bits per heavy atom. The summed E-state index contributed by atoms with van der Waals surface area (Å²) < 4.78 is 19.1. The third-order valence-corrected chi connectivity index (χ3v) is 3.38. The van der Waals surface area contributed by atoms with E-state index in [4.69, 9.17) is 16.3 Å². The second-order valence-electron chi connectivity index (χ2n) is 3.78. The zero-order valence-electron chi connectivity index (χ0n) is 9.50. The number of benzene rings is 2. The molecule has 2 aromatic rings. The molecule has 0 aliphatic heterocycles. The lowest BCUT2D eigenvalue weighted by molar-refractivity contribution is 0.304. The highest BCUT2D eigenvalue weighted by molar-refractivity contribution is 9.08. The summed E-state index contributed by atoms with van der Waals surface area (Å²) in [7, 11) is 0. The fraction of sp³-hybridized carbons (Fsp3) is 0.143. The molecule has 0 heterocycles. The molecule has 0 bridgehead atoms. The number of hydrogen-bond donors (Lipinski definition) is 0. The molecule has 0 aliphatic carbocycles. The van der Waals surface area contributed by atoms with Crippen molar-refractivity contribution in [1.29, 1.82) is 0 Å². The van der Waals surface area contributed by atoms with Crippen LogP contribution >= 0.6 is 27.5 Å². The highest BCUT2D eigenvalue weighted by atomic mass is 79.9. The zero-order valence-corrected chi connectivity index (χ0v) is 11.8. The summed E-state index contributed by atoms with van der Waals surface area (Å²) in [4.78, 5) is 0. The van der Waals surface area contributed by atoms with E-state index in [0.717, 1.165) is 5.56 Å². The molecule has 0 atom stereocenters. The van der Waals surface area contributed by atoms with Crippen molar-refractivity contribution < 1.29 is 9.13 Å². The maximum absolute atomic E-state index is 13.6. The largest absolute Gasteiger partial charge is 0.487 e. The number of halogens is 3. The fourth-order valence-corrected chi connectivity index (χ4v) is 2.19. The number of alkyl halides is 1. The number of ether oxygens (including phenoxy) is 1. The van der Waals surface area contributed by atoms with Crippen LogP contribution in [0, 0.1) is 5.82 Å². The molecule has 0 amide bonds. The highest BCUT2D eigenvalue weighted by Gasteiger charge is 2.09. The first-order valence-corrected chi connectivity index (χ1v) is 6.91. The van der Waals surface area contributed by atoms with E-state index < -0.39 is 0 Å². The van der Waals surface area contributed by atoms with Gasteiger partial charge in [-0.25, -0.2) is 4.39 Å². The van der Waals surface area contributed by atoms with Crippen LogP contribution in [-0.2, 0) is 11.9 Å². The third-order valence-electron chi connectivity index (χ3n) is 2.48. The first-order valence-electron chi connectivity index (χ1n) is 5.41. The van der Waals surface area contributed by atoms with Gasteiger partial charge >= 0.3 is 0 Å². The molecular formula is C14H11BrClFO. The molecular weight excluding hydrogens is 319 g/mol. The third kappa shape index (κ3) is 3.24. The maximum Gasteiger partial charge on any atom is 0.141 e. The number of hydrogen-bond acceptors (Lipinski definition) is 1. The van der Waals surface area contributed by atoms with Crippen molar-refractivity contribution in [3.63, 3.8) is 0 Å². The van der Waals surface area contributed by atoms with Crippen LogP contribution in [-0.4, -0.2) is 0 Å². The van der Waals surface area contributed by atoms with Crippen molar-refractivity contribution in [2.24, 2.45) is 0 Å².